The lowest BCUT2D eigenvalue weighted by Gasteiger charge is -2.16. The van der Waals surface area contributed by atoms with E-state index >= 15 is 0 Å². The Hall–Kier alpha value is -1.50. The number of ketones is 1. The molecular weight excluding hydrogens is 358 g/mol. The van der Waals surface area contributed by atoms with Crippen molar-refractivity contribution in [1.82, 2.24) is 5.32 Å². The summed E-state index contributed by atoms with van der Waals surface area (Å²) in [5.74, 6) is -0.504. The molecule has 0 bridgehead atoms. The highest BCUT2D eigenvalue weighted by molar-refractivity contribution is 5.84. The number of carbonyl (C=O) groups excluding carboxylic acids is 2. The van der Waals surface area contributed by atoms with Gasteiger partial charge < -0.3 is 20.6 Å². The Balaban J connectivity index is 2.40. The molecule has 6 nitrogen and oxygen atoms in total. The minimum atomic E-state index is -0.680. The highest BCUT2D eigenvalue weighted by Crippen LogP contribution is 2.33. The zero-order valence-corrected chi connectivity index (χ0v) is 17.1. The smallest absolute Gasteiger partial charge is 0.220 e. The van der Waals surface area contributed by atoms with E-state index in [1.54, 1.807) is 6.08 Å². The summed E-state index contributed by atoms with van der Waals surface area (Å²) >= 11 is 0. The maximum absolute atomic E-state index is 12.2. The van der Waals surface area contributed by atoms with Crippen LogP contribution >= 0.6 is 0 Å². The molecule has 4 N–H and O–H groups in total. The summed E-state index contributed by atoms with van der Waals surface area (Å²) in [5, 5.41) is 31.5. The van der Waals surface area contributed by atoms with Crippen LogP contribution in [0.3, 0.4) is 0 Å². The van der Waals surface area contributed by atoms with Crippen molar-refractivity contribution in [3.63, 3.8) is 0 Å². The van der Waals surface area contributed by atoms with Gasteiger partial charge in [0.2, 0.25) is 5.91 Å². The SMILES string of the molecule is CCCCC[C@@H](O)/C=C/[C@H]1[C@@H](O)CC(=O)[C@@H]1C/C=C\CCCC(=O)NCCO. The molecule has 6 heteroatoms. The first kappa shape index (κ1) is 24.5. The molecule has 1 aliphatic carbocycles. The van der Waals surface area contributed by atoms with E-state index in [9.17, 15) is 19.8 Å². The van der Waals surface area contributed by atoms with E-state index in [0.29, 0.717) is 25.7 Å². The number of amides is 1. The molecule has 0 radical (unpaired) electrons. The number of aliphatic hydroxyl groups excluding tert-OH is 3. The summed E-state index contributed by atoms with van der Waals surface area (Å²) < 4.78 is 0. The van der Waals surface area contributed by atoms with Crippen LogP contribution in [0, 0.1) is 11.8 Å². The fraction of sp³-hybridized carbons (Fsp3) is 0.727. The van der Waals surface area contributed by atoms with Crippen LogP contribution in [0.5, 0.6) is 0 Å². The zero-order chi connectivity index (χ0) is 20.8. The van der Waals surface area contributed by atoms with Crippen molar-refractivity contribution in [1.29, 1.82) is 0 Å². The van der Waals surface area contributed by atoms with Gasteiger partial charge in [0.25, 0.3) is 0 Å². The van der Waals surface area contributed by atoms with Crippen LogP contribution in [-0.2, 0) is 9.59 Å². The van der Waals surface area contributed by atoms with Crippen LogP contribution in [0.25, 0.3) is 0 Å². The van der Waals surface area contributed by atoms with Crippen LogP contribution < -0.4 is 5.32 Å². The van der Waals surface area contributed by atoms with Gasteiger partial charge in [0.05, 0.1) is 18.8 Å². The summed E-state index contributed by atoms with van der Waals surface area (Å²) in [7, 11) is 0. The maximum Gasteiger partial charge on any atom is 0.220 e. The first-order valence-electron chi connectivity index (χ1n) is 10.6. The quantitative estimate of drug-likeness (QED) is 0.267. The average Bonchev–Trinajstić information content (AvgIpc) is 2.94. The third-order valence-electron chi connectivity index (χ3n) is 5.16. The summed E-state index contributed by atoms with van der Waals surface area (Å²) in [6.07, 6.45) is 12.7. The van der Waals surface area contributed by atoms with Crippen molar-refractivity contribution in [2.24, 2.45) is 11.8 Å². The van der Waals surface area contributed by atoms with Crippen molar-refractivity contribution in [3.05, 3.63) is 24.3 Å². The van der Waals surface area contributed by atoms with Gasteiger partial charge in [0.1, 0.15) is 5.78 Å². The van der Waals surface area contributed by atoms with Crippen LogP contribution in [0.2, 0.25) is 0 Å². The molecule has 160 valence electrons. The van der Waals surface area contributed by atoms with Gasteiger partial charge >= 0.3 is 0 Å². The first-order chi connectivity index (χ1) is 13.5. The molecule has 0 saturated heterocycles. The van der Waals surface area contributed by atoms with E-state index in [1.165, 1.54) is 0 Å². The number of aliphatic hydroxyl groups is 3. The first-order valence-corrected chi connectivity index (χ1v) is 10.6. The van der Waals surface area contributed by atoms with Crippen LogP contribution in [0.4, 0.5) is 0 Å². The van der Waals surface area contributed by atoms with Crippen molar-refractivity contribution in [3.8, 4) is 0 Å². The van der Waals surface area contributed by atoms with Crippen LogP contribution in [-0.4, -0.2) is 52.4 Å². The molecule has 28 heavy (non-hydrogen) atoms. The number of hydrogen-bond donors (Lipinski definition) is 4. The summed E-state index contributed by atoms with van der Waals surface area (Å²) in [5.41, 5.74) is 0. The van der Waals surface area contributed by atoms with E-state index < -0.39 is 12.2 Å². The normalized spacial score (nSPS) is 23.7. The van der Waals surface area contributed by atoms with E-state index in [0.717, 1.165) is 25.7 Å². The van der Waals surface area contributed by atoms with Crippen molar-refractivity contribution in [2.45, 2.75) is 76.9 Å². The molecule has 1 fully saturated rings. The number of nitrogens with one attached hydrogen (secondary N) is 1. The summed E-state index contributed by atoms with van der Waals surface area (Å²) in [6, 6.07) is 0. The second kappa shape index (κ2) is 14.5. The molecule has 0 aromatic heterocycles. The Bertz CT molecular complexity index is 517. The maximum atomic E-state index is 12.2. The summed E-state index contributed by atoms with van der Waals surface area (Å²) in [6.45, 7) is 2.34. The second-order valence-corrected chi connectivity index (χ2v) is 7.54. The predicted molar refractivity (Wildman–Crippen MR) is 110 cm³/mol. The number of Topliss-reactive ketones (excluding diaryl/α,β-unsaturated/α-hetero) is 1. The molecule has 1 amide bonds. The second-order valence-electron chi connectivity index (χ2n) is 7.54. The third-order valence-corrected chi connectivity index (χ3v) is 5.16. The molecule has 1 saturated carbocycles. The van der Waals surface area contributed by atoms with Crippen LogP contribution in [0.1, 0.15) is 64.7 Å². The van der Waals surface area contributed by atoms with E-state index in [2.05, 4.69) is 12.2 Å². The summed E-state index contributed by atoms with van der Waals surface area (Å²) in [4.78, 5) is 23.6. The van der Waals surface area contributed by atoms with Gasteiger partial charge in [0, 0.05) is 31.2 Å². The Kier molecular flexibility index (Phi) is 12.7. The molecule has 1 rings (SSSR count). The number of unbranched alkanes of at least 4 members (excludes halogenated alkanes) is 3. The Morgan fingerprint density at radius 2 is 2.07 bits per heavy atom. The Labute approximate surface area is 168 Å². The number of hydrogen-bond acceptors (Lipinski definition) is 5. The van der Waals surface area contributed by atoms with Crippen molar-refractivity contribution in [2.75, 3.05) is 13.2 Å². The lowest BCUT2D eigenvalue weighted by Crippen LogP contribution is -2.25. The van der Waals surface area contributed by atoms with Gasteiger partial charge in [0.15, 0.2) is 0 Å². The van der Waals surface area contributed by atoms with Crippen molar-refractivity contribution < 1.29 is 24.9 Å². The molecule has 0 aliphatic heterocycles. The molecular formula is C22H37NO5. The molecule has 0 heterocycles. The predicted octanol–water partition coefficient (Wildman–Crippen LogP) is 2.28. The standard InChI is InChI=1S/C22H37NO5/c1-2-3-6-9-17(25)12-13-19-18(20(26)16-21(19)27)10-7-4-5-8-11-22(28)23-14-15-24/h4,7,12-13,17-19,21,24-25,27H,2-3,5-6,8-11,14-16H2,1H3,(H,23,28)/b7-4-,13-12+/t17-,18-,19-,21+/m1/s1. The Morgan fingerprint density at radius 1 is 1.29 bits per heavy atom. The van der Waals surface area contributed by atoms with Gasteiger partial charge in [-0.3, -0.25) is 9.59 Å². The lowest BCUT2D eigenvalue weighted by molar-refractivity contribution is -0.122. The number of rotatable bonds is 14. The largest absolute Gasteiger partial charge is 0.395 e. The topological polar surface area (TPSA) is 107 Å². The van der Waals surface area contributed by atoms with Gasteiger partial charge in [-0.15, -0.1) is 0 Å². The lowest BCUT2D eigenvalue weighted by atomic mass is 9.90. The van der Waals surface area contributed by atoms with E-state index in [-0.39, 0.29) is 43.1 Å². The number of carbonyl (C=O) groups is 2. The highest BCUT2D eigenvalue weighted by Gasteiger charge is 2.39. The molecule has 4 atom stereocenters. The molecule has 0 aromatic rings. The fourth-order valence-corrected chi connectivity index (χ4v) is 3.51. The molecule has 0 spiro atoms. The monoisotopic (exact) mass is 395 g/mol. The minimum Gasteiger partial charge on any atom is -0.395 e. The van der Waals surface area contributed by atoms with Gasteiger partial charge in [-0.25, -0.2) is 0 Å². The molecule has 1 aliphatic rings. The molecule has 0 unspecified atom stereocenters. The zero-order valence-electron chi connectivity index (χ0n) is 17.1. The molecule has 0 aromatic carbocycles. The van der Waals surface area contributed by atoms with E-state index in [1.807, 2.05) is 18.2 Å². The van der Waals surface area contributed by atoms with Gasteiger partial charge in [-0.05, 0) is 25.7 Å². The minimum absolute atomic E-state index is 0.0573. The van der Waals surface area contributed by atoms with Crippen molar-refractivity contribution >= 4 is 11.7 Å². The Morgan fingerprint density at radius 3 is 2.79 bits per heavy atom. The fourth-order valence-electron chi connectivity index (χ4n) is 3.51. The number of allylic oxidation sites excluding steroid dienone is 2. The van der Waals surface area contributed by atoms with E-state index in [4.69, 9.17) is 5.11 Å². The van der Waals surface area contributed by atoms with Crippen LogP contribution in [0.15, 0.2) is 24.3 Å². The average molecular weight is 396 g/mol. The van der Waals surface area contributed by atoms with Gasteiger partial charge in [-0.2, -0.15) is 0 Å². The third kappa shape index (κ3) is 9.62. The van der Waals surface area contributed by atoms with Gasteiger partial charge in [-0.1, -0.05) is 50.5 Å². The highest BCUT2D eigenvalue weighted by atomic mass is 16.3.